The fourth-order valence-electron chi connectivity index (χ4n) is 3.57. The van der Waals surface area contributed by atoms with E-state index in [4.69, 9.17) is 4.74 Å². The number of phenols is 3. The molecule has 2 atom stereocenters. The lowest BCUT2D eigenvalue weighted by Crippen LogP contribution is -2.20. The van der Waals surface area contributed by atoms with Gasteiger partial charge in [-0.05, 0) is 50.8 Å². The van der Waals surface area contributed by atoms with Gasteiger partial charge in [-0.1, -0.05) is 35.9 Å². The van der Waals surface area contributed by atoms with Crippen LogP contribution in [0, 0.1) is 0 Å². The molecule has 0 radical (unpaired) electrons. The maximum atomic E-state index is 12.8. The van der Waals surface area contributed by atoms with Gasteiger partial charge in [0.15, 0.2) is 5.78 Å². The minimum atomic E-state index is -0.565. The molecule has 2 aromatic rings. The molecule has 0 unspecified atom stereocenters. The Labute approximate surface area is 181 Å². The van der Waals surface area contributed by atoms with Gasteiger partial charge in [0, 0.05) is 11.6 Å². The fourth-order valence-corrected chi connectivity index (χ4v) is 3.57. The van der Waals surface area contributed by atoms with E-state index in [-0.39, 0.29) is 52.7 Å². The molecular weight excluding hydrogens is 396 g/mol. The third kappa shape index (κ3) is 5.09. The topological polar surface area (TPSA) is 107 Å². The molecular formula is C25H28O6. The molecule has 164 valence electrons. The van der Waals surface area contributed by atoms with Crippen LogP contribution in [-0.4, -0.2) is 32.3 Å². The van der Waals surface area contributed by atoms with Gasteiger partial charge in [0.25, 0.3) is 0 Å². The lowest BCUT2D eigenvalue weighted by Gasteiger charge is -2.27. The van der Waals surface area contributed by atoms with Crippen LogP contribution in [0.25, 0.3) is 0 Å². The largest absolute Gasteiger partial charge is 0.508 e. The molecule has 2 aromatic carbocycles. The van der Waals surface area contributed by atoms with Gasteiger partial charge in [0.1, 0.15) is 34.7 Å². The highest BCUT2D eigenvalue weighted by atomic mass is 16.5. The van der Waals surface area contributed by atoms with E-state index in [1.54, 1.807) is 19.1 Å². The highest BCUT2D eigenvalue weighted by molar-refractivity contribution is 6.03. The zero-order valence-electron chi connectivity index (χ0n) is 17.8. The van der Waals surface area contributed by atoms with E-state index in [0.29, 0.717) is 18.4 Å². The lowest BCUT2D eigenvalue weighted by molar-refractivity contribution is 0.0844. The van der Waals surface area contributed by atoms with Crippen LogP contribution in [-0.2, 0) is 6.42 Å². The summed E-state index contributed by atoms with van der Waals surface area (Å²) in [6.45, 7) is 7.42. The molecule has 0 spiro atoms. The summed E-state index contributed by atoms with van der Waals surface area (Å²) in [6.07, 6.45) is 2.22. The van der Waals surface area contributed by atoms with E-state index < -0.39 is 12.2 Å². The quantitative estimate of drug-likeness (QED) is 0.479. The molecule has 1 heterocycles. The molecule has 0 amide bonds. The van der Waals surface area contributed by atoms with E-state index in [2.05, 4.69) is 6.58 Å². The maximum Gasteiger partial charge on any atom is 0.174 e. The minimum absolute atomic E-state index is 0.0449. The van der Waals surface area contributed by atoms with Crippen LogP contribution in [0.3, 0.4) is 0 Å². The molecule has 3 rings (SSSR count). The number of carbonyl (C=O) groups is 1. The first-order valence-corrected chi connectivity index (χ1v) is 10.2. The number of hydrogen-bond acceptors (Lipinski definition) is 6. The van der Waals surface area contributed by atoms with Crippen molar-refractivity contribution in [3.05, 3.63) is 70.8 Å². The number of ketones is 1. The Morgan fingerprint density at radius 2 is 1.90 bits per heavy atom. The van der Waals surface area contributed by atoms with Gasteiger partial charge >= 0.3 is 0 Å². The first-order chi connectivity index (χ1) is 14.7. The number of rotatable bonds is 7. The summed E-state index contributed by atoms with van der Waals surface area (Å²) in [4.78, 5) is 12.8. The van der Waals surface area contributed by atoms with Crippen LogP contribution in [0.4, 0.5) is 0 Å². The second kappa shape index (κ2) is 9.27. The average molecular weight is 424 g/mol. The molecule has 0 bridgehead atoms. The Morgan fingerprint density at radius 3 is 2.55 bits per heavy atom. The van der Waals surface area contributed by atoms with Crippen molar-refractivity contribution in [2.24, 2.45) is 0 Å². The van der Waals surface area contributed by atoms with Crippen molar-refractivity contribution in [1.82, 2.24) is 0 Å². The smallest absolute Gasteiger partial charge is 0.174 e. The molecule has 0 saturated heterocycles. The second-order valence-electron chi connectivity index (χ2n) is 8.08. The Kier molecular flexibility index (Phi) is 6.71. The summed E-state index contributed by atoms with van der Waals surface area (Å²) in [5.74, 6) is -0.443. The van der Waals surface area contributed by atoms with E-state index in [9.17, 15) is 25.2 Å². The van der Waals surface area contributed by atoms with Gasteiger partial charge in [-0.3, -0.25) is 4.79 Å². The normalized spacial score (nSPS) is 17.1. The SMILES string of the molecule is C=C(C)[C@H](O)CCC(C)=CCc1c(O)cc2c(c1O)C(=O)C[C@@H](c1ccc(O)cc1)O2. The van der Waals surface area contributed by atoms with Gasteiger partial charge < -0.3 is 25.2 Å². The van der Waals surface area contributed by atoms with Gasteiger partial charge in [-0.2, -0.15) is 0 Å². The van der Waals surface area contributed by atoms with E-state index >= 15 is 0 Å². The molecule has 0 saturated carbocycles. The summed E-state index contributed by atoms with van der Waals surface area (Å²) in [5.41, 5.74) is 2.76. The molecule has 0 aromatic heterocycles. The fraction of sp³-hybridized carbons (Fsp3) is 0.320. The monoisotopic (exact) mass is 424 g/mol. The third-order valence-corrected chi connectivity index (χ3v) is 5.57. The van der Waals surface area contributed by atoms with E-state index in [1.807, 2.05) is 13.0 Å². The zero-order valence-corrected chi connectivity index (χ0v) is 17.8. The van der Waals surface area contributed by atoms with Gasteiger partial charge in [0.2, 0.25) is 0 Å². The Hall–Kier alpha value is -3.25. The van der Waals surface area contributed by atoms with Gasteiger partial charge in [-0.15, -0.1) is 0 Å². The van der Waals surface area contributed by atoms with Crippen LogP contribution < -0.4 is 4.74 Å². The van der Waals surface area contributed by atoms with Crippen LogP contribution in [0.1, 0.15) is 60.7 Å². The molecule has 1 aliphatic rings. The number of phenolic OH excluding ortho intramolecular Hbond substituents is 3. The van der Waals surface area contributed by atoms with Crippen molar-refractivity contribution in [3.8, 4) is 23.0 Å². The first kappa shape index (κ1) is 22.4. The number of allylic oxidation sites excluding steroid dienone is 2. The van der Waals surface area contributed by atoms with Crippen molar-refractivity contribution >= 4 is 5.78 Å². The van der Waals surface area contributed by atoms with Crippen LogP contribution in [0.15, 0.2) is 54.1 Å². The maximum absolute atomic E-state index is 12.8. The molecule has 6 heteroatoms. The highest BCUT2D eigenvalue weighted by Gasteiger charge is 2.32. The standard InChI is InChI=1S/C25H28O6/c1-14(2)19(27)11-5-15(3)4-10-18-20(28)12-23-24(25(18)30)21(29)13-22(31-23)16-6-8-17(26)9-7-16/h4,6-9,12,19,22,26-28,30H,1,5,10-11,13H2,2-3H3/t19-,22+/m1/s1. The number of Topliss-reactive ketones (excluding diaryl/α,β-unsaturated/α-hetero) is 1. The van der Waals surface area contributed by atoms with Crippen molar-refractivity contribution in [2.45, 2.75) is 51.7 Å². The third-order valence-electron chi connectivity index (χ3n) is 5.57. The number of aromatic hydroxyl groups is 3. The Morgan fingerprint density at radius 1 is 1.23 bits per heavy atom. The van der Waals surface area contributed by atoms with Crippen molar-refractivity contribution in [2.75, 3.05) is 0 Å². The van der Waals surface area contributed by atoms with E-state index in [0.717, 1.165) is 11.1 Å². The van der Waals surface area contributed by atoms with E-state index in [1.165, 1.54) is 18.2 Å². The summed E-state index contributed by atoms with van der Waals surface area (Å²) >= 11 is 0. The van der Waals surface area contributed by atoms with Crippen molar-refractivity contribution in [1.29, 1.82) is 0 Å². The molecule has 1 aliphatic heterocycles. The second-order valence-corrected chi connectivity index (χ2v) is 8.08. The molecule has 6 nitrogen and oxygen atoms in total. The van der Waals surface area contributed by atoms with Gasteiger partial charge in [0.05, 0.1) is 12.5 Å². The number of ether oxygens (including phenoxy) is 1. The average Bonchev–Trinajstić information content (AvgIpc) is 2.71. The lowest BCUT2D eigenvalue weighted by atomic mass is 9.92. The predicted octanol–water partition coefficient (Wildman–Crippen LogP) is 4.72. The number of benzene rings is 2. The minimum Gasteiger partial charge on any atom is -0.508 e. The number of hydrogen-bond donors (Lipinski definition) is 4. The predicted molar refractivity (Wildman–Crippen MR) is 118 cm³/mol. The number of carbonyl (C=O) groups excluding carboxylic acids is 1. The van der Waals surface area contributed by atoms with Gasteiger partial charge in [-0.25, -0.2) is 0 Å². The van der Waals surface area contributed by atoms with Crippen LogP contribution in [0.2, 0.25) is 0 Å². The van der Waals surface area contributed by atoms with Crippen molar-refractivity contribution < 1.29 is 30.0 Å². The van der Waals surface area contributed by atoms with Crippen LogP contribution >= 0.6 is 0 Å². The number of aliphatic hydroxyl groups excluding tert-OH is 1. The molecule has 4 N–H and O–H groups in total. The molecule has 0 aliphatic carbocycles. The van der Waals surface area contributed by atoms with Crippen LogP contribution in [0.5, 0.6) is 23.0 Å². The summed E-state index contributed by atoms with van der Waals surface area (Å²) in [7, 11) is 0. The summed E-state index contributed by atoms with van der Waals surface area (Å²) < 4.78 is 5.88. The Balaban J connectivity index is 1.80. The number of fused-ring (bicyclic) bond motifs is 1. The first-order valence-electron chi connectivity index (χ1n) is 10.2. The molecule has 0 fully saturated rings. The highest BCUT2D eigenvalue weighted by Crippen LogP contribution is 2.44. The Bertz CT molecular complexity index is 1020. The summed E-state index contributed by atoms with van der Waals surface area (Å²) in [6, 6.07) is 7.74. The summed E-state index contributed by atoms with van der Waals surface area (Å²) in [5, 5.41) is 40.5. The number of aliphatic hydroxyl groups is 1. The van der Waals surface area contributed by atoms with Crippen molar-refractivity contribution in [3.63, 3.8) is 0 Å². The zero-order chi connectivity index (χ0) is 22.7. The molecule has 31 heavy (non-hydrogen) atoms.